The lowest BCUT2D eigenvalue weighted by Gasteiger charge is -2.47. The van der Waals surface area contributed by atoms with E-state index < -0.39 is 0 Å². The van der Waals surface area contributed by atoms with Crippen molar-refractivity contribution in [3.8, 4) is 0 Å². The number of hydrogen-bond donors (Lipinski definition) is 1. The van der Waals surface area contributed by atoms with Gasteiger partial charge in [-0.25, -0.2) is 0 Å². The summed E-state index contributed by atoms with van der Waals surface area (Å²) < 4.78 is 1.47. The predicted molar refractivity (Wildman–Crippen MR) is 81.4 cm³/mol. The zero-order valence-corrected chi connectivity index (χ0v) is 12.7. The molecule has 21 heavy (non-hydrogen) atoms. The Kier molecular flexibility index (Phi) is 3.85. The number of aromatic nitrogens is 1. The summed E-state index contributed by atoms with van der Waals surface area (Å²) in [7, 11) is 3.88. The lowest BCUT2D eigenvalue weighted by molar-refractivity contribution is 0.0463. The van der Waals surface area contributed by atoms with Gasteiger partial charge in [-0.3, -0.25) is 9.59 Å². The zero-order valence-electron chi connectivity index (χ0n) is 12.7. The summed E-state index contributed by atoms with van der Waals surface area (Å²) in [5.74, 6) is -0.125. The van der Waals surface area contributed by atoms with Gasteiger partial charge in [-0.1, -0.05) is 6.42 Å². The third kappa shape index (κ3) is 2.88. The maximum absolute atomic E-state index is 12.3. The highest BCUT2D eigenvalue weighted by Gasteiger charge is 2.36. The van der Waals surface area contributed by atoms with Crippen LogP contribution in [0.4, 0.5) is 0 Å². The van der Waals surface area contributed by atoms with Crippen LogP contribution in [0.25, 0.3) is 0 Å². The van der Waals surface area contributed by atoms with Crippen molar-refractivity contribution in [3.63, 3.8) is 0 Å². The van der Waals surface area contributed by atoms with Gasteiger partial charge in [0.05, 0.1) is 0 Å². The molecule has 5 heteroatoms. The molecule has 2 saturated heterocycles. The average molecular weight is 289 g/mol. The average Bonchev–Trinajstić information content (AvgIpc) is 2.43. The third-order valence-electron chi connectivity index (χ3n) is 5.04. The first kappa shape index (κ1) is 14.3. The van der Waals surface area contributed by atoms with E-state index in [1.807, 2.05) is 0 Å². The highest BCUT2D eigenvalue weighted by atomic mass is 16.2. The largest absolute Gasteiger partial charge is 0.349 e. The molecule has 114 valence electrons. The fraction of sp³-hybridized carbons (Fsp3) is 0.625. The molecule has 0 aromatic carbocycles. The number of nitrogens with one attached hydrogen (secondary N) is 1. The minimum Gasteiger partial charge on any atom is -0.349 e. The molecule has 2 atom stereocenters. The minimum absolute atomic E-state index is 0.125. The molecule has 2 fully saturated rings. The molecule has 5 nitrogen and oxygen atoms in total. The van der Waals surface area contributed by atoms with E-state index in [-0.39, 0.29) is 17.5 Å². The van der Waals surface area contributed by atoms with Crippen molar-refractivity contribution < 1.29 is 4.79 Å². The molecular formula is C16H23N3O2. The Hall–Kier alpha value is -1.62. The number of aryl methyl sites for hydroxylation is 1. The van der Waals surface area contributed by atoms with Gasteiger partial charge >= 0.3 is 0 Å². The fourth-order valence-electron chi connectivity index (χ4n) is 3.69. The molecule has 0 aliphatic carbocycles. The van der Waals surface area contributed by atoms with E-state index in [1.54, 1.807) is 19.3 Å². The number of hydrogen-bond acceptors (Lipinski definition) is 3. The van der Waals surface area contributed by atoms with Crippen LogP contribution in [0.15, 0.2) is 23.1 Å². The van der Waals surface area contributed by atoms with Crippen molar-refractivity contribution in [2.24, 2.45) is 7.05 Å². The minimum atomic E-state index is -0.150. The van der Waals surface area contributed by atoms with Crippen LogP contribution in [0.2, 0.25) is 0 Å². The maximum atomic E-state index is 12.3. The van der Waals surface area contributed by atoms with Crippen molar-refractivity contribution >= 4 is 5.91 Å². The number of piperidine rings is 2. The van der Waals surface area contributed by atoms with Crippen LogP contribution >= 0.6 is 0 Å². The molecule has 2 unspecified atom stereocenters. The van der Waals surface area contributed by atoms with Gasteiger partial charge in [0.25, 0.3) is 11.5 Å². The quantitative estimate of drug-likeness (QED) is 0.888. The summed E-state index contributed by atoms with van der Waals surface area (Å²) in [6.07, 6.45) is 7.43. The molecule has 2 aliphatic rings. The fourth-order valence-corrected chi connectivity index (χ4v) is 3.69. The zero-order chi connectivity index (χ0) is 15.0. The first-order chi connectivity index (χ1) is 10.0. The van der Waals surface area contributed by atoms with Gasteiger partial charge in [0.1, 0.15) is 0 Å². The number of fused-ring (bicyclic) bond motifs is 2. The molecule has 2 aliphatic heterocycles. The van der Waals surface area contributed by atoms with Gasteiger partial charge in [0, 0.05) is 43.0 Å². The molecule has 0 spiro atoms. The standard InChI is InChI=1S/C16H23N3O2/c1-18-7-6-11(8-15(18)20)16(21)17-12-9-13-4-3-5-14(10-12)19(13)2/h6-8,12-14H,3-5,9-10H2,1-2H3,(H,17,21). The monoisotopic (exact) mass is 289 g/mol. The van der Waals surface area contributed by atoms with Crippen molar-refractivity contribution in [1.29, 1.82) is 0 Å². The summed E-state index contributed by atoms with van der Waals surface area (Å²) in [6, 6.07) is 4.52. The second-order valence-corrected chi connectivity index (χ2v) is 6.41. The van der Waals surface area contributed by atoms with Gasteiger partial charge in [-0.05, 0) is 38.8 Å². The van der Waals surface area contributed by atoms with E-state index in [0.29, 0.717) is 17.6 Å². The molecule has 1 aromatic heterocycles. The maximum Gasteiger partial charge on any atom is 0.251 e. The number of amides is 1. The van der Waals surface area contributed by atoms with Gasteiger partial charge in [0.15, 0.2) is 0 Å². The van der Waals surface area contributed by atoms with Crippen molar-refractivity contribution in [3.05, 3.63) is 34.2 Å². The number of rotatable bonds is 2. The van der Waals surface area contributed by atoms with E-state index in [9.17, 15) is 9.59 Å². The molecule has 3 rings (SSSR count). The first-order valence-electron chi connectivity index (χ1n) is 7.74. The Morgan fingerprint density at radius 2 is 1.90 bits per heavy atom. The van der Waals surface area contributed by atoms with Gasteiger partial charge in [0.2, 0.25) is 0 Å². The Morgan fingerprint density at radius 1 is 1.24 bits per heavy atom. The topological polar surface area (TPSA) is 54.3 Å². The second kappa shape index (κ2) is 5.64. The second-order valence-electron chi connectivity index (χ2n) is 6.41. The van der Waals surface area contributed by atoms with E-state index in [2.05, 4.69) is 17.3 Å². The van der Waals surface area contributed by atoms with Gasteiger partial charge in [-0.15, -0.1) is 0 Å². The van der Waals surface area contributed by atoms with E-state index in [1.165, 1.54) is 29.9 Å². The van der Waals surface area contributed by atoms with Gasteiger partial charge < -0.3 is 14.8 Å². The molecule has 1 amide bonds. The number of carbonyl (C=O) groups is 1. The molecule has 0 saturated carbocycles. The van der Waals surface area contributed by atoms with Crippen LogP contribution in [-0.2, 0) is 7.05 Å². The summed E-state index contributed by atoms with van der Waals surface area (Å²) in [4.78, 5) is 26.4. The number of carbonyl (C=O) groups excluding carboxylic acids is 1. The highest BCUT2D eigenvalue weighted by molar-refractivity contribution is 5.94. The van der Waals surface area contributed by atoms with Crippen LogP contribution in [0.5, 0.6) is 0 Å². The van der Waals surface area contributed by atoms with E-state index >= 15 is 0 Å². The Bertz CT molecular complexity index is 581. The lowest BCUT2D eigenvalue weighted by atomic mass is 9.82. The molecule has 2 bridgehead atoms. The molecule has 3 heterocycles. The Labute approximate surface area is 124 Å². The van der Waals surface area contributed by atoms with Crippen molar-refractivity contribution in [1.82, 2.24) is 14.8 Å². The normalized spacial score (nSPS) is 29.1. The van der Waals surface area contributed by atoms with Crippen LogP contribution < -0.4 is 10.9 Å². The Balaban J connectivity index is 1.67. The van der Waals surface area contributed by atoms with Crippen LogP contribution in [0, 0.1) is 0 Å². The predicted octanol–water partition coefficient (Wildman–Crippen LogP) is 1.13. The molecule has 1 N–H and O–H groups in total. The smallest absolute Gasteiger partial charge is 0.251 e. The number of nitrogens with zero attached hydrogens (tertiary/aromatic N) is 2. The first-order valence-corrected chi connectivity index (χ1v) is 7.74. The SMILES string of the molecule is CN1C2CCCC1CC(NC(=O)c1ccn(C)c(=O)c1)C2. The highest BCUT2D eigenvalue weighted by Crippen LogP contribution is 2.32. The van der Waals surface area contributed by atoms with Gasteiger partial charge in [-0.2, -0.15) is 0 Å². The lowest BCUT2D eigenvalue weighted by Crippen LogP contribution is -2.55. The summed E-state index contributed by atoms with van der Waals surface area (Å²) >= 11 is 0. The summed E-state index contributed by atoms with van der Waals surface area (Å²) in [6.45, 7) is 0. The van der Waals surface area contributed by atoms with Crippen LogP contribution in [0.3, 0.4) is 0 Å². The van der Waals surface area contributed by atoms with Crippen molar-refractivity contribution in [2.45, 2.75) is 50.2 Å². The third-order valence-corrected chi connectivity index (χ3v) is 5.04. The number of pyridine rings is 1. The molecular weight excluding hydrogens is 266 g/mol. The molecule has 0 radical (unpaired) electrons. The van der Waals surface area contributed by atoms with E-state index in [4.69, 9.17) is 0 Å². The van der Waals surface area contributed by atoms with Crippen molar-refractivity contribution in [2.75, 3.05) is 7.05 Å². The van der Waals surface area contributed by atoms with Crippen LogP contribution in [-0.4, -0.2) is 40.5 Å². The van der Waals surface area contributed by atoms with E-state index in [0.717, 1.165) is 12.8 Å². The molecule has 1 aromatic rings. The summed E-state index contributed by atoms with van der Waals surface area (Å²) in [5.41, 5.74) is 0.310. The summed E-state index contributed by atoms with van der Waals surface area (Å²) in [5, 5.41) is 3.12. The van der Waals surface area contributed by atoms with Crippen LogP contribution in [0.1, 0.15) is 42.5 Å². The Morgan fingerprint density at radius 3 is 2.52 bits per heavy atom.